The number of hydrogen-bond acceptors (Lipinski definition) is 4. The molecule has 0 radical (unpaired) electrons. The molecule has 1 aromatic carbocycles. The summed E-state index contributed by atoms with van der Waals surface area (Å²) in [6.07, 6.45) is 3.40. The van der Waals surface area contributed by atoms with Gasteiger partial charge in [0, 0.05) is 49.6 Å². The third-order valence-corrected chi connectivity index (χ3v) is 4.98. The molecule has 4 rings (SSSR count). The number of ether oxygens (including phenoxy) is 1. The molecule has 1 aliphatic heterocycles. The van der Waals surface area contributed by atoms with Gasteiger partial charge in [0.25, 0.3) is 5.91 Å². The lowest BCUT2D eigenvalue weighted by Crippen LogP contribution is -2.46. The molecule has 24 heavy (non-hydrogen) atoms. The fraction of sp³-hybridized carbons (Fsp3) is 0.474. The Labute approximate surface area is 141 Å². The average molecular weight is 326 g/mol. The summed E-state index contributed by atoms with van der Waals surface area (Å²) in [4.78, 5) is 17.5. The van der Waals surface area contributed by atoms with Gasteiger partial charge in [0.05, 0.1) is 16.7 Å². The molecule has 126 valence electrons. The monoisotopic (exact) mass is 326 g/mol. The van der Waals surface area contributed by atoms with Crippen LogP contribution in [-0.2, 0) is 4.74 Å². The van der Waals surface area contributed by atoms with Crippen LogP contribution in [0, 0.1) is 0 Å². The van der Waals surface area contributed by atoms with Crippen LogP contribution in [0.5, 0.6) is 0 Å². The van der Waals surface area contributed by atoms with Gasteiger partial charge in [-0.25, -0.2) is 0 Å². The normalized spacial score (nSPS) is 20.0. The Kier molecular flexibility index (Phi) is 3.98. The van der Waals surface area contributed by atoms with Crippen LogP contribution < -0.4 is 5.32 Å². The first-order valence-corrected chi connectivity index (χ1v) is 8.63. The highest BCUT2D eigenvalue weighted by Crippen LogP contribution is 2.40. The minimum absolute atomic E-state index is 0.143. The van der Waals surface area contributed by atoms with E-state index in [1.54, 1.807) is 0 Å². The van der Waals surface area contributed by atoms with Gasteiger partial charge < -0.3 is 15.2 Å². The maximum Gasteiger partial charge on any atom is 0.252 e. The zero-order valence-corrected chi connectivity index (χ0v) is 13.6. The molecular formula is C19H22N2O3. The number of carbonyl (C=O) groups is 1. The Morgan fingerprint density at radius 1 is 1.29 bits per heavy atom. The molecule has 0 unspecified atom stereocenters. The lowest BCUT2D eigenvalue weighted by atomic mass is 9.94. The van der Waals surface area contributed by atoms with Crippen molar-refractivity contribution in [3.05, 3.63) is 41.6 Å². The van der Waals surface area contributed by atoms with Gasteiger partial charge >= 0.3 is 0 Å². The minimum atomic E-state index is -0.865. The molecule has 0 atom stereocenters. The van der Waals surface area contributed by atoms with Crippen LogP contribution in [0.3, 0.4) is 0 Å². The Morgan fingerprint density at radius 3 is 2.79 bits per heavy atom. The number of fused-ring (bicyclic) bond motifs is 1. The van der Waals surface area contributed by atoms with E-state index in [1.807, 2.05) is 30.3 Å². The predicted molar refractivity (Wildman–Crippen MR) is 91.1 cm³/mol. The molecule has 2 aromatic rings. The van der Waals surface area contributed by atoms with Crippen LogP contribution in [0.15, 0.2) is 30.3 Å². The molecule has 2 N–H and O–H groups in total. The molecular weight excluding hydrogens is 304 g/mol. The lowest BCUT2D eigenvalue weighted by Gasteiger charge is -2.32. The van der Waals surface area contributed by atoms with E-state index in [-0.39, 0.29) is 12.5 Å². The van der Waals surface area contributed by atoms with Crippen LogP contribution in [0.25, 0.3) is 10.9 Å². The predicted octanol–water partition coefficient (Wildman–Crippen LogP) is 2.38. The fourth-order valence-corrected chi connectivity index (χ4v) is 3.24. The van der Waals surface area contributed by atoms with Crippen LogP contribution in [0.2, 0.25) is 0 Å². The van der Waals surface area contributed by atoms with Crippen LogP contribution in [-0.4, -0.2) is 41.4 Å². The van der Waals surface area contributed by atoms with E-state index >= 15 is 0 Å². The number of pyridine rings is 1. The first kappa shape index (κ1) is 15.5. The van der Waals surface area contributed by atoms with E-state index in [4.69, 9.17) is 9.72 Å². The number of para-hydroxylation sites is 1. The SMILES string of the molecule is O=C(NCC1(O)CCOCC1)c1cc(C2CC2)nc2ccccc12. The van der Waals surface area contributed by atoms with Crippen molar-refractivity contribution in [3.8, 4) is 0 Å². The highest BCUT2D eigenvalue weighted by atomic mass is 16.5. The first-order valence-electron chi connectivity index (χ1n) is 8.63. The average Bonchev–Trinajstić information content (AvgIpc) is 3.44. The van der Waals surface area contributed by atoms with Crippen molar-refractivity contribution in [2.24, 2.45) is 0 Å². The standard InChI is InChI=1S/C19H22N2O3/c22-18(20-12-19(23)7-9-24-10-8-19)15-11-17(13-5-6-13)21-16-4-2-1-3-14(15)16/h1-4,11,13,23H,5-10,12H2,(H,20,22). The molecule has 2 heterocycles. The zero-order valence-electron chi connectivity index (χ0n) is 13.6. The van der Waals surface area contributed by atoms with Gasteiger partial charge in [0.1, 0.15) is 0 Å². The molecule has 1 saturated heterocycles. The number of hydrogen-bond donors (Lipinski definition) is 2. The van der Waals surface area contributed by atoms with E-state index in [0.29, 0.717) is 37.5 Å². The summed E-state index contributed by atoms with van der Waals surface area (Å²) in [6, 6.07) is 9.66. The second kappa shape index (κ2) is 6.15. The summed E-state index contributed by atoms with van der Waals surface area (Å²) in [5.74, 6) is 0.344. The van der Waals surface area contributed by atoms with Gasteiger partial charge in [-0.2, -0.15) is 0 Å². The molecule has 2 fully saturated rings. The van der Waals surface area contributed by atoms with Gasteiger partial charge in [-0.05, 0) is 25.0 Å². The quantitative estimate of drug-likeness (QED) is 0.905. The van der Waals surface area contributed by atoms with Crippen molar-refractivity contribution in [1.82, 2.24) is 10.3 Å². The number of aliphatic hydroxyl groups is 1. The molecule has 5 nitrogen and oxygen atoms in total. The minimum Gasteiger partial charge on any atom is -0.388 e. The first-order chi connectivity index (χ1) is 11.6. The van der Waals surface area contributed by atoms with E-state index in [0.717, 1.165) is 29.4 Å². The Morgan fingerprint density at radius 2 is 2.04 bits per heavy atom. The third-order valence-electron chi connectivity index (χ3n) is 4.98. The maximum absolute atomic E-state index is 12.8. The molecule has 0 bridgehead atoms. The number of rotatable bonds is 4. The number of aromatic nitrogens is 1. The lowest BCUT2D eigenvalue weighted by molar-refractivity contribution is -0.0605. The van der Waals surface area contributed by atoms with Crippen LogP contribution in [0.1, 0.15) is 47.7 Å². The van der Waals surface area contributed by atoms with Gasteiger partial charge in [0.2, 0.25) is 0 Å². The Hall–Kier alpha value is -1.98. The second-order valence-electron chi connectivity index (χ2n) is 6.91. The van der Waals surface area contributed by atoms with E-state index < -0.39 is 5.60 Å². The number of nitrogens with zero attached hydrogens (tertiary/aromatic N) is 1. The maximum atomic E-state index is 12.8. The van der Waals surface area contributed by atoms with Gasteiger partial charge in [-0.1, -0.05) is 18.2 Å². The number of carbonyl (C=O) groups excluding carboxylic acids is 1. The highest BCUT2D eigenvalue weighted by molar-refractivity contribution is 6.06. The van der Waals surface area contributed by atoms with E-state index in [9.17, 15) is 9.90 Å². The van der Waals surface area contributed by atoms with Crippen molar-refractivity contribution in [1.29, 1.82) is 0 Å². The largest absolute Gasteiger partial charge is 0.388 e. The van der Waals surface area contributed by atoms with Crippen molar-refractivity contribution >= 4 is 16.8 Å². The molecule has 2 aliphatic rings. The van der Waals surface area contributed by atoms with Crippen molar-refractivity contribution < 1.29 is 14.6 Å². The molecule has 5 heteroatoms. The van der Waals surface area contributed by atoms with Gasteiger partial charge in [-0.3, -0.25) is 9.78 Å². The summed E-state index contributed by atoms with van der Waals surface area (Å²) >= 11 is 0. The van der Waals surface area contributed by atoms with Crippen LogP contribution >= 0.6 is 0 Å². The second-order valence-corrected chi connectivity index (χ2v) is 6.91. The zero-order chi connectivity index (χ0) is 16.6. The highest BCUT2D eigenvalue weighted by Gasteiger charge is 2.31. The molecule has 0 spiro atoms. The summed E-state index contributed by atoms with van der Waals surface area (Å²) in [6.45, 7) is 1.33. The van der Waals surface area contributed by atoms with Gasteiger partial charge in [-0.15, -0.1) is 0 Å². The van der Waals surface area contributed by atoms with E-state index in [1.165, 1.54) is 0 Å². The van der Waals surface area contributed by atoms with E-state index in [2.05, 4.69) is 5.32 Å². The third kappa shape index (κ3) is 3.14. The summed E-state index contributed by atoms with van der Waals surface area (Å²) in [5.41, 5.74) is 1.65. The number of benzene rings is 1. The number of amides is 1. The summed E-state index contributed by atoms with van der Waals surface area (Å²) in [5, 5.41) is 14.3. The molecule has 1 aliphatic carbocycles. The molecule has 1 aromatic heterocycles. The Balaban J connectivity index is 1.59. The molecule has 1 amide bonds. The number of nitrogens with one attached hydrogen (secondary N) is 1. The van der Waals surface area contributed by atoms with Crippen molar-refractivity contribution in [2.75, 3.05) is 19.8 Å². The fourth-order valence-electron chi connectivity index (χ4n) is 3.24. The topological polar surface area (TPSA) is 71.5 Å². The van der Waals surface area contributed by atoms with Crippen molar-refractivity contribution in [2.45, 2.75) is 37.2 Å². The molecule has 1 saturated carbocycles. The smallest absolute Gasteiger partial charge is 0.252 e. The van der Waals surface area contributed by atoms with Gasteiger partial charge in [0.15, 0.2) is 0 Å². The summed E-state index contributed by atoms with van der Waals surface area (Å²) < 4.78 is 5.28. The van der Waals surface area contributed by atoms with Crippen molar-refractivity contribution in [3.63, 3.8) is 0 Å². The summed E-state index contributed by atoms with van der Waals surface area (Å²) in [7, 11) is 0. The van der Waals surface area contributed by atoms with Crippen LogP contribution in [0.4, 0.5) is 0 Å². The Bertz CT molecular complexity index is 764.